The van der Waals surface area contributed by atoms with Crippen LogP contribution in [0.2, 0.25) is 0 Å². The molecule has 3 rings (SSSR count). The average Bonchev–Trinajstić information content (AvgIpc) is 2.61. The van der Waals surface area contributed by atoms with Crippen molar-refractivity contribution in [1.29, 1.82) is 0 Å². The summed E-state index contributed by atoms with van der Waals surface area (Å²) in [6.45, 7) is 10.5. The van der Waals surface area contributed by atoms with E-state index in [2.05, 4.69) is 36.3 Å². The number of nitrogens with zero attached hydrogens (tertiary/aromatic N) is 1. The summed E-state index contributed by atoms with van der Waals surface area (Å²) < 4.78 is 5.46. The third-order valence-corrected chi connectivity index (χ3v) is 6.29. The third-order valence-electron chi connectivity index (χ3n) is 6.29. The summed E-state index contributed by atoms with van der Waals surface area (Å²) in [6, 6.07) is 1.55. The van der Waals surface area contributed by atoms with Crippen molar-refractivity contribution in [1.82, 2.24) is 15.5 Å². The highest BCUT2D eigenvalue weighted by molar-refractivity contribution is 5.79. The number of amides is 1. The Balaban J connectivity index is 1.41. The molecule has 3 fully saturated rings. The first-order valence-corrected chi connectivity index (χ1v) is 10.8. The van der Waals surface area contributed by atoms with Gasteiger partial charge in [0.1, 0.15) is 0 Å². The summed E-state index contributed by atoms with van der Waals surface area (Å²) in [7, 11) is 0. The van der Waals surface area contributed by atoms with E-state index in [0.29, 0.717) is 24.0 Å². The second-order valence-electron chi connectivity index (χ2n) is 9.62. The molecule has 2 unspecified atom stereocenters. The average molecular weight is 366 g/mol. The molecular weight excluding hydrogens is 326 g/mol. The summed E-state index contributed by atoms with van der Waals surface area (Å²) in [5, 5.41) is 7.10. The lowest BCUT2D eigenvalue weighted by Gasteiger charge is -2.39. The Morgan fingerprint density at radius 1 is 0.962 bits per heavy atom. The van der Waals surface area contributed by atoms with E-state index in [-0.39, 0.29) is 11.5 Å². The van der Waals surface area contributed by atoms with Crippen LogP contribution in [0.3, 0.4) is 0 Å². The molecule has 0 radical (unpaired) electrons. The fourth-order valence-corrected chi connectivity index (χ4v) is 5.03. The van der Waals surface area contributed by atoms with Gasteiger partial charge in [-0.15, -0.1) is 0 Å². The van der Waals surface area contributed by atoms with Crippen LogP contribution >= 0.6 is 0 Å². The number of rotatable bonds is 4. The molecule has 26 heavy (non-hydrogen) atoms. The minimum absolute atomic E-state index is 0.147. The smallest absolute Gasteiger partial charge is 0.223 e. The zero-order chi connectivity index (χ0) is 18.6. The van der Waals surface area contributed by atoms with Crippen molar-refractivity contribution in [2.24, 2.45) is 5.92 Å². The Labute approximate surface area is 159 Å². The molecule has 1 heterocycles. The number of nitrogens with one attached hydrogen (secondary N) is 2. The predicted molar refractivity (Wildman–Crippen MR) is 105 cm³/mol. The maximum atomic E-state index is 12.8. The molecule has 150 valence electrons. The van der Waals surface area contributed by atoms with E-state index >= 15 is 0 Å². The lowest BCUT2D eigenvalue weighted by atomic mass is 9.83. The Morgan fingerprint density at radius 2 is 1.62 bits per heavy atom. The summed E-state index contributed by atoms with van der Waals surface area (Å²) >= 11 is 0. The van der Waals surface area contributed by atoms with Crippen LogP contribution in [-0.2, 0) is 9.53 Å². The molecule has 0 aromatic carbocycles. The van der Waals surface area contributed by atoms with E-state index < -0.39 is 0 Å². The fraction of sp³-hybridized carbons (Fsp3) is 0.952. The molecule has 1 saturated heterocycles. The summed E-state index contributed by atoms with van der Waals surface area (Å²) in [6.07, 6.45) is 9.07. The molecule has 5 nitrogen and oxygen atoms in total. The van der Waals surface area contributed by atoms with Gasteiger partial charge in [-0.05, 0) is 72.1 Å². The molecule has 5 heteroatoms. The van der Waals surface area contributed by atoms with Crippen molar-refractivity contribution in [3.8, 4) is 0 Å². The van der Waals surface area contributed by atoms with Gasteiger partial charge in [0.05, 0.1) is 13.2 Å². The van der Waals surface area contributed by atoms with Crippen molar-refractivity contribution in [2.75, 3.05) is 26.3 Å². The van der Waals surface area contributed by atoms with E-state index in [1.807, 2.05) is 0 Å². The zero-order valence-corrected chi connectivity index (χ0v) is 17.1. The van der Waals surface area contributed by atoms with Crippen molar-refractivity contribution in [3.05, 3.63) is 0 Å². The summed E-state index contributed by atoms with van der Waals surface area (Å²) in [5.74, 6) is 0.537. The van der Waals surface area contributed by atoms with Gasteiger partial charge in [-0.3, -0.25) is 9.69 Å². The number of ether oxygens (including phenoxy) is 1. The first kappa shape index (κ1) is 20.1. The van der Waals surface area contributed by atoms with Crippen molar-refractivity contribution in [3.63, 3.8) is 0 Å². The molecule has 2 N–H and O–H groups in total. The van der Waals surface area contributed by atoms with Crippen LogP contribution in [0.5, 0.6) is 0 Å². The molecule has 0 spiro atoms. The van der Waals surface area contributed by atoms with Gasteiger partial charge in [0.15, 0.2) is 0 Å². The molecule has 0 aromatic heterocycles. The molecular formula is C21H39N3O2. The lowest BCUT2D eigenvalue weighted by Crippen LogP contribution is -2.51. The highest BCUT2D eigenvalue weighted by Gasteiger charge is 2.32. The van der Waals surface area contributed by atoms with E-state index in [4.69, 9.17) is 4.74 Å². The highest BCUT2D eigenvalue weighted by atomic mass is 16.5. The fourth-order valence-electron chi connectivity index (χ4n) is 5.03. The molecule has 1 aliphatic heterocycles. The zero-order valence-electron chi connectivity index (χ0n) is 17.1. The Bertz CT molecular complexity index is 449. The quantitative estimate of drug-likeness (QED) is 0.804. The van der Waals surface area contributed by atoms with Crippen LogP contribution in [0, 0.1) is 5.92 Å². The molecule has 2 saturated carbocycles. The van der Waals surface area contributed by atoms with Gasteiger partial charge in [-0.1, -0.05) is 0 Å². The minimum Gasteiger partial charge on any atom is -0.379 e. The third kappa shape index (κ3) is 5.93. The Hall–Kier alpha value is -0.650. The van der Waals surface area contributed by atoms with Crippen molar-refractivity contribution < 1.29 is 9.53 Å². The first-order chi connectivity index (χ1) is 12.4. The largest absolute Gasteiger partial charge is 0.379 e. The second kappa shape index (κ2) is 9.03. The van der Waals surface area contributed by atoms with Gasteiger partial charge < -0.3 is 15.4 Å². The molecule has 0 aromatic rings. The molecule has 2 atom stereocenters. The molecule has 1 amide bonds. The number of hydrogen-bond acceptors (Lipinski definition) is 4. The van der Waals surface area contributed by atoms with Crippen LogP contribution in [-0.4, -0.2) is 60.8 Å². The van der Waals surface area contributed by atoms with Gasteiger partial charge in [0, 0.05) is 42.7 Å². The van der Waals surface area contributed by atoms with Crippen molar-refractivity contribution in [2.45, 2.75) is 95.8 Å². The SMILES string of the molecule is CC(C)(C)NC1CCCC(NC(=O)C2CCC(N3CCOCC3)CC2)C1. The summed E-state index contributed by atoms with van der Waals surface area (Å²) in [4.78, 5) is 15.3. The molecule has 2 aliphatic carbocycles. The second-order valence-corrected chi connectivity index (χ2v) is 9.62. The molecule has 3 aliphatic rings. The monoisotopic (exact) mass is 365 g/mol. The standard InChI is InChI=1S/C21H39N3O2/c1-21(2,3)23-18-6-4-5-17(15-18)22-20(25)16-7-9-19(10-8-16)24-11-13-26-14-12-24/h16-19,23H,4-15H2,1-3H3,(H,22,25). The predicted octanol–water partition coefficient (Wildman–Crippen LogP) is 2.69. The van der Waals surface area contributed by atoms with Gasteiger partial charge in [-0.2, -0.15) is 0 Å². The highest BCUT2D eigenvalue weighted by Crippen LogP contribution is 2.29. The van der Waals surface area contributed by atoms with Crippen LogP contribution in [0.25, 0.3) is 0 Å². The van der Waals surface area contributed by atoms with E-state index in [0.717, 1.165) is 64.8 Å². The van der Waals surface area contributed by atoms with E-state index in [1.54, 1.807) is 0 Å². The van der Waals surface area contributed by atoms with Crippen LogP contribution in [0.4, 0.5) is 0 Å². The van der Waals surface area contributed by atoms with Gasteiger partial charge in [-0.25, -0.2) is 0 Å². The van der Waals surface area contributed by atoms with Gasteiger partial charge >= 0.3 is 0 Å². The van der Waals surface area contributed by atoms with Crippen molar-refractivity contribution >= 4 is 5.91 Å². The first-order valence-electron chi connectivity index (χ1n) is 10.8. The topological polar surface area (TPSA) is 53.6 Å². The normalized spacial score (nSPS) is 34.4. The number of carbonyl (C=O) groups is 1. The van der Waals surface area contributed by atoms with E-state index in [1.165, 1.54) is 12.8 Å². The number of carbonyl (C=O) groups excluding carboxylic acids is 1. The molecule has 0 bridgehead atoms. The van der Waals surface area contributed by atoms with Crippen LogP contribution in [0.15, 0.2) is 0 Å². The minimum atomic E-state index is 0.147. The number of morpholine rings is 1. The van der Waals surface area contributed by atoms with Crippen LogP contribution in [0.1, 0.15) is 72.1 Å². The van der Waals surface area contributed by atoms with Gasteiger partial charge in [0.2, 0.25) is 5.91 Å². The maximum Gasteiger partial charge on any atom is 0.223 e. The lowest BCUT2D eigenvalue weighted by molar-refractivity contribution is -0.127. The van der Waals surface area contributed by atoms with Gasteiger partial charge in [0.25, 0.3) is 0 Å². The summed E-state index contributed by atoms with van der Waals surface area (Å²) in [5.41, 5.74) is 0.147. The Morgan fingerprint density at radius 3 is 2.27 bits per heavy atom. The Kier molecular flexibility index (Phi) is 6.98. The van der Waals surface area contributed by atoms with E-state index in [9.17, 15) is 4.79 Å². The number of hydrogen-bond donors (Lipinski definition) is 2. The van der Waals surface area contributed by atoms with Crippen LogP contribution < -0.4 is 10.6 Å². The maximum absolute atomic E-state index is 12.8.